The van der Waals surface area contributed by atoms with Gasteiger partial charge in [-0.15, -0.1) is 24.8 Å². The standard InChI is InChI=1S/C20H30N2O3.2ClH/c23-20(24)14-25-19-7-3-17(4-8-19)16-1-5-18(6-2-16)22-13-15-9-11-21-12-10-15;;/h3-4,7-8,15-16,18,21-22H,1-2,5-6,9-14H2,(H,23,24);2*1H. The first-order valence-corrected chi connectivity index (χ1v) is 9.59. The van der Waals surface area contributed by atoms with E-state index in [2.05, 4.69) is 22.8 Å². The maximum atomic E-state index is 10.5. The maximum Gasteiger partial charge on any atom is 0.341 e. The number of aliphatic carboxylic acids is 1. The maximum absolute atomic E-state index is 10.5. The van der Waals surface area contributed by atoms with E-state index in [4.69, 9.17) is 9.84 Å². The van der Waals surface area contributed by atoms with E-state index in [0.717, 1.165) is 5.92 Å². The minimum atomic E-state index is -0.945. The van der Waals surface area contributed by atoms with Crippen LogP contribution in [0.4, 0.5) is 0 Å². The normalized spacial score (nSPS) is 23.0. The quantitative estimate of drug-likeness (QED) is 0.630. The second kappa shape index (κ2) is 12.4. The average Bonchev–Trinajstić information content (AvgIpc) is 2.66. The predicted octanol–water partition coefficient (Wildman–Crippen LogP) is 3.61. The molecule has 7 heteroatoms. The molecule has 1 aromatic carbocycles. The third-order valence-corrected chi connectivity index (χ3v) is 5.59. The van der Waals surface area contributed by atoms with Gasteiger partial charge in [0.05, 0.1) is 0 Å². The van der Waals surface area contributed by atoms with Crippen molar-refractivity contribution in [1.82, 2.24) is 10.6 Å². The number of benzene rings is 1. The number of hydrogen-bond donors (Lipinski definition) is 3. The van der Waals surface area contributed by atoms with E-state index < -0.39 is 5.97 Å². The van der Waals surface area contributed by atoms with Crippen molar-refractivity contribution in [3.8, 4) is 5.75 Å². The minimum Gasteiger partial charge on any atom is -0.482 e. The van der Waals surface area contributed by atoms with Gasteiger partial charge in [-0.2, -0.15) is 0 Å². The first kappa shape index (κ1) is 24.0. The number of halogens is 2. The Hall–Kier alpha value is -1.01. The van der Waals surface area contributed by atoms with E-state index in [-0.39, 0.29) is 31.4 Å². The molecule has 1 saturated carbocycles. The predicted molar refractivity (Wildman–Crippen MR) is 113 cm³/mol. The molecular weight excluding hydrogens is 387 g/mol. The van der Waals surface area contributed by atoms with Crippen LogP contribution in [-0.2, 0) is 4.79 Å². The van der Waals surface area contributed by atoms with Crippen LogP contribution in [0.15, 0.2) is 24.3 Å². The van der Waals surface area contributed by atoms with Crippen LogP contribution in [-0.4, -0.2) is 43.4 Å². The highest BCUT2D eigenvalue weighted by atomic mass is 35.5. The molecular formula is C20H32Cl2N2O3. The number of ether oxygens (including phenoxy) is 1. The Labute approximate surface area is 174 Å². The summed E-state index contributed by atoms with van der Waals surface area (Å²) in [4.78, 5) is 10.5. The molecule has 0 aromatic heterocycles. The molecule has 0 bridgehead atoms. The molecule has 1 aliphatic carbocycles. The van der Waals surface area contributed by atoms with Crippen molar-refractivity contribution in [3.63, 3.8) is 0 Å². The van der Waals surface area contributed by atoms with E-state index in [0.29, 0.717) is 17.7 Å². The Morgan fingerprint density at radius 3 is 2.26 bits per heavy atom. The van der Waals surface area contributed by atoms with Gasteiger partial charge < -0.3 is 20.5 Å². The molecule has 1 saturated heterocycles. The highest BCUT2D eigenvalue weighted by Crippen LogP contribution is 2.33. The van der Waals surface area contributed by atoms with Crippen LogP contribution in [0, 0.1) is 5.92 Å². The summed E-state index contributed by atoms with van der Waals surface area (Å²) in [5, 5.41) is 15.9. The number of carbonyl (C=O) groups is 1. The van der Waals surface area contributed by atoms with Crippen molar-refractivity contribution in [3.05, 3.63) is 29.8 Å². The zero-order valence-corrected chi connectivity index (χ0v) is 17.3. The van der Waals surface area contributed by atoms with Gasteiger partial charge in [-0.25, -0.2) is 4.79 Å². The second-order valence-electron chi connectivity index (χ2n) is 7.40. The number of carboxylic acid groups (broad SMARTS) is 1. The molecule has 0 spiro atoms. The third-order valence-electron chi connectivity index (χ3n) is 5.59. The van der Waals surface area contributed by atoms with Gasteiger partial charge in [-0.3, -0.25) is 0 Å². The van der Waals surface area contributed by atoms with Gasteiger partial charge in [0, 0.05) is 6.04 Å². The molecule has 5 nitrogen and oxygen atoms in total. The van der Waals surface area contributed by atoms with Crippen molar-refractivity contribution in [2.75, 3.05) is 26.2 Å². The summed E-state index contributed by atoms with van der Waals surface area (Å²) >= 11 is 0. The monoisotopic (exact) mass is 418 g/mol. The first-order chi connectivity index (χ1) is 12.2. The third kappa shape index (κ3) is 7.86. The van der Waals surface area contributed by atoms with Crippen molar-refractivity contribution in [2.24, 2.45) is 5.92 Å². The van der Waals surface area contributed by atoms with Crippen LogP contribution in [0.1, 0.15) is 50.0 Å². The number of carboxylic acids is 1. The number of nitrogens with one attached hydrogen (secondary N) is 2. The summed E-state index contributed by atoms with van der Waals surface area (Å²) in [5.41, 5.74) is 1.35. The lowest BCUT2D eigenvalue weighted by molar-refractivity contribution is -0.139. The zero-order chi connectivity index (χ0) is 17.5. The molecule has 1 heterocycles. The van der Waals surface area contributed by atoms with E-state index in [1.165, 1.54) is 63.7 Å². The summed E-state index contributed by atoms with van der Waals surface area (Å²) in [6, 6.07) is 8.62. The lowest BCUT2D eigenvalue weighted by Gasteiger charge is -2.31. The van der Waals surface area contributed by atoms with E-state index in [1.54, 1.807) is 0 Å². The lowest BCUT2D eigenvalue weighted by Crippen LogP contribution is -2.39. The Morgan fingerprint density at radius 2 is 1.67 bits per heavy atom. The van der Waals surface area contributed by atoms with Crippen LogP contribution in [0.25, 0.3) is 0 Å². The molecule has 0 radical (unpaired) electrons. The number of rotatable bonds is 7. The molecule has 1 aliphatic heterocycles. The molecule has 0 amide bonds. The molecule has 2 aliphatic rings. The Kier molecular flexibility index (Phi) is 11.1. The highest BCUT2D eigenvalue weighted by Gasteiger charge is 2.23. The first-order valence-electron chi connectivity index (χ1n) is 9.59. The molecule has 27 heavy (non-hydrogen) atoms. The van der Waals surface area contributed by atoms with Gasteiger partial charge >= 0.3 is 5.97 Å². The van der Waals surface area contributed by atoms with E-state index in [9.17, 15) is 4.79 Å². The Balaban J connectivity index is 0.00000182. The Bertz CT molecular complexity index is 543. The fourth-order valence-corrected chi connectivity index (χ4v) is 4.03. The van der Waals surface area contributed by atoms with Crippen molar-refractivity contribution in [1.29, 1.82) is 0 Å². The van der Waals surface area contributed by atoms with Crippen LogP contribution < -0.4 is 15.4 Å². The number of piperidine rings is 1. The van der Waals surface area contributed by atoms with Gasteiger partial charge in [0.15, 0.2) is 6.61 Å². The number of hydrogen-bond acceptors (Lipinski definition) is 4. The van der Waals surface area contributed by atoms with Crippen molar-refractivity contribution in [2.45, 2.75) is 50.5 Å². The van der Waals surface area contributed by atoms with Gasteiger partial charge in [0.25, 0.3) is 0 Å². The fraction of sp³-hybridized carbons (Fsp3) is 0.650. The van der Waals surface area contributed by atoms with Crippen molar-refractivity contribution >= 4 is 30.8 Å². The summed E-state index contributed by atoms with van der Waals surface area (Å²) < 4.78 is 5.20. The zero-order valence-electron chi connectivity index (χ0n) is 15.7. The van der Waals surface area contributed by atoms with Crippen molar-refractivity contribution < 1.29 is 14.6 Å². The molecule has 3 rings (SSSR count). The van der Waals surface area contributed by atoms with Crippen LogP contribution in [0.3, 0.4) is 0 Å². The van der Waals surface area contributed by atoms with Gasteiger partial charge in [0.2, 0.25) is 0 Å². The molecule has 0 atom stereocenters. The largest absolute Gasteiger partial charge is 0.482 e. The molecule has 3 N–H and O–H groups in total. The SMILES string of the molecule is Cl.Cl.O=C(O)COc1ccc(C2CCC(NCC3CCNCC3)CC2)cc1. The van der Waals surface area contributed by atoms with E-state index >= 15 is 0 Å². The summed E-state index contributed by atoms with van der Waals surface area (Å²) in [5.74, 6) is 1.14. The van der Waals surface area contributed by atoms with Gasteiger partial charge in [-0.05, 0) is 87.7 Å². The Morgan fingerprint density at radius 1 is 1.04 bits per heavy atom. The molecule has 154 valence electrons. The average molecular weight is 419 g/mol. The molecule has 1 aromatic rings. The van der Waals surface area contributed by atoms with Crippen LogP contribution in [0.5, 0.6) is 5.75 Å². The summed E-state index contributed by atoms with van der Waals surface area (Å²) in [6.07, 6.45) is 7.54. The smallest absolute Gasteiger partial charge is 0.341 e. The van der Waals surface area contributed by atoms with Gasteiger partial charge in [-0.1, -0.05) is 12.1 Å². The molecule has 2 fully saturated rings. The second-order valence-corrected chi connectivity index (χ2v) is 7.40. The minimum absolute atomic E-state index is 0. The van der Waals surface area contributed by atoms with Gasteiger partial charge in [0.1, 0.15) is 5.75 Å². The van der Waals surface area contributed by atoms with Crippen LogP contribution in [0.2, 0.25) is 0 Å². The topological polar surface area (TPSA) is 70.6 Å². The fourth-order valence-electron chi connectivity index (χ4n) is 4.03. The molecule has 0 unspecified atom stereocenters. The van der Waals surface area contributed by atoms with E-state index in [1.807, 2.05) is 12.1 Å². The summed E-state index contributed by atoms with van der Waals surface area (Å²) in [6.45, 7) is 3.23. The van der Waals surface area contributed by atoms with Crippen LogP contribution >= 0.6 is 24.8 Å². The summed E-state index contributed by atoms with van der Waals surface area (Å²) in [7, 11) is 0. The highest BCUT2D eigenvalue weighted by molar-refractivity contribution is 5.85. The lowest BCUT2D eigenvalue weighted by atomic mass is 9.81.